The predicted octanol–water partition coefficient (Wildman–Crippen LogP) is 12.5. The van der Waals surface area contributed by atoms with Gasteiger partial charge in [-0.2, -0.15) is 11.8 Å². The van der Waals surface area contributed by atoms with Gasteiger partial charge in [-0.05, 0) is 74.1 Å². The molecule has 0 N–H and O–H groups in total. The van der Waals surface area contributed by atoms with Crippen LogP contribution in [-0.2, 0) is 16.8 Å². The Kier molecular flexibility index (Phi) is 14.7. The van der Waals surface area contributed by atoms with Gasteiger partial charge in [0.15, 0.2) is 0 Å². The molecule has 0 aliphatic carbocycles. The van der Waals surface area contributed by atoms with E-state index in [-0.39, 0.29) is 23.9 Å². The van der Waals surface area contributed by atoms with Crippen LogP contribution in [0.1, 0.15) is 103 Å². The number of thioether (sulfide) groups is 2. The van der Waals surface area contributed by atoms with Crippen LogP contribution in [-0.4, -0.2) is 26.0 Å². The largest absolute Gasteiger partial charge is 0.522 e. The maximum absolute atomic E-state index is 12.6. The quantitative estimate of drug-likeness (QED) is 0.0555. The summed E-state index contributed by atoms with van der Waals surface area (Å²) in [4.78, 5) is 13.6. The average Bonchev–Trinajstić information content (AvgIpc) is 2.95. The molecule has 3 aromatic rings. The zero-order valence-corrected chi connectivity index (χ0v) is 32.1. The zero-order valence-electron chi connectivity index (χ0n) is 27.5. The van der Waals surface area contributed by atoms with Gasteiger partial charge in [-0.1, -0.05) is 129 Å². The number of fused-ring (bicyclic) bond motifs is 1. The van der Waals surface area contributed by atoms with Crippen molar-refractivity contribution in [1.82, 2.24) is 0 Å². The van der Waals surface area contributed by atoms with Gasteiger partial charge in [-0.25, -0.2) is 0 Å². The molecule has 0 saturated heterocycles. The molecular formula is C36H48F3IO2S3. The van der Waals surface area contributed by atoms with Crippen molar-refractivity contribution in [2.45, 2.75) is 124 Å². The highest BCUT2D eigenvalue weighted by atomic mass is 127. The first-order valence-corrected chi connectivity index (χ1v) is 19.7. The van der Waals surface area contributed by atoms with Crippen LogP contribution in [0.4, 0.5) is 13.2 Å². The Morgan fingerprint density at radius 2 is 1.42 bits per heavy atom. The molecule has 2 aromatic carbocycles. The van der Waals surface area contributed by atoms with Crippen molar-refractivity contribution in [3.05, 3.63) is 74.8 Å². The predicted molar refractivity (Wildman–Crippen MR) is 200 cm³/mol. The van der Waals surface area contributed by atoms with Gasteiger partial charge in [0.25, 0.3) is 0 Å². The average molecular weight is 793 g/mol. The first kappa shape index (κ1) is 38.7. The van der Waals surface area contributed by atoms with Crippen LogP contribution < -0.4 is 4.74 Å². The van der Waals surface area contributed by atoms with Gasteiger partial charge in [0, 0.05) is 24.0 Å². The maximum Gasteiger partial charge on any atom is 0.522 e. The number of aryl methyl sites for hydroxylation is 1. The van der Waals surface area contributed by atoms with Crippen LogP contribution in [0.15, 0.2) is 58.2 Å². The summed E-state index contributed by atoms with van der Waals surface area (Å²) in [6.07, 6.45) is 4.90. The van der Waals surface area contributed by atoms with Crippen LogP contribution in [0.2, 0.25) is 0 Å². The smallest absolute Gasteiger partial charge is 0.287 e. The number of rotatable bonds is 18. The van der Waals surface area contributed by atoms with Crippen molar-refractivity contribution in [3.63, 3.8) is 0 Å². The van der Waals surface area contributed by atoms with Crippen LogP contribution >= 0.6 is 57.5 Å². The van der Waals surface area contributed by atoms with Crippen molar-refractivity contribution < 1.29 is 17.9 Å². The third kappa shape index (κ3) is 11.7. The lowest BCUT2D eigenvalue weighted by atomic mass is 9.68. The topological polar surface area (TPSA) is 26.3 Å². The lowest BCUT2D eigenvalue weighted by Crippen LogP contribution is -2.46. The highest BCUT2D eigenvalue weighted by Gasteiger charge is 2.45. The van der Waals surface area contributed by atoms with Gasteiger partial charge in [-0.15, -0.1) is 24.9 Å². The van der Waals surface area contributed by atoms with Gasteiger partial charge in [0.1, 0.15) is 0 Å². The summed E-state index contributed by atoms with van der Waals surface area (Å²) < 4.78 is 42.4. The molecule has 3 rings (SSSR count). The molecule has 1 aromatic heterocycles. The molecule has 0 aliphatic heterocycles. The van der Waals surface area contributed by atoms with Crippen LogP contribution in [0, 0.1) is 6.92 Å². The number of halogens is 4. The van der Waals surface area contributed by atoms with E-state index in [1.54, 1.807) is 18.7 Å². The maximum atomic E-state index is 12.6. The molecule has 0 aliphatic rings. The van der Waals surface area contributed by atoms with E-state index in [1.807, 2.05) is 18.2 Å². The van der Waals surface area contributed by atoms with Gasteiger partial charge in [0.05, 0.1) is 11.3 Å². The summed E-state index contributed by atoms with van der Waals surface area (Å²) in [6, 6.07) is 16.8. The van der Waals surface area contributed by atoms with E-state index in [0.29, 0.717) is 5.56 Å². The molecule has 0 saturated carbocycles. The number of hydrogen-bond acceptors (Lipinski definition) is 5. The Labute approximate surface area is 294 Å². The molecule has 0 spiro atoms. The second-order valence-electron chi connectivity index (χ2n) is 13.1. The highest BCUT2D eigenvalue weighted by Crippen LogP contribution is 2.50. The van der Waals surface area contributed by atoms with Crippen molar-refractivity contribution in [2.24, 2.45) is 0 Å². The summed E-state index contributed by atoms with van der Waals surface area (Å²) in [7, 11) is 0. The highest BCUT2D eigenvalue weighted by molar-refractivity contribution is 14.1. The van der Waals surface area contributed by atoms with Gasteiger partial charge in [0.2, 0.25) is 4.74 Å². The van der Waals surface area contributed by atoms with Crippen LogP contribution in [0.5, 0.6) is 0 Å². The lowest BCUT2D eigenvalue weighted by molar-refractivity contribution is -0.330. The summed E-state index contributed by atoms with van der Waals surface area (Å²) >= 11 is 7.47. The van der Waals surface area contributed by atoms with E-state index in [4.69, 9.17) is 0 Å². The minimum absolute atomic E-state index is 0.0823. The molecule has 0 amide bonds. The second kappa shape index (κ2) is 17.1. The Morgan fingerprint density at radius 1 is 0.822 bits per heavy atom. The molecular weight excluding hydrogens is 744 g/mol. The van der Waals surface area contributed by atoms with E-state index in [0.717, 1.165) is 44.9 Å². The van der Waals surface area contributed by atoms with E-state index < -0.39 is 13.0 Å². The normalized spacial score (nSPS) is 14.2. The fourth-order valence-corrected chi connectivity index (χ4v) is 10.3. The van der Waals surface area contributed by atoms with Crippen molar-refractivity contribution in [1.29, 1.82) is 0 Å². The first-order valence-electron chi connectivity index (χ1n) is 15.8. The molecule has 0 radical (unpaired) electrons. The number of benzene rings is 2. The summed E-state index contributed by atoms with van der Waals surface area (Å²) in [5.74, 6) is 2.14. The Bertz CT molecular complexity index is 1420. The van der Waals surface area contributed by atoms with E-state index in [2.05, 4.69) is 104 Å². The molecule has 9 heteroatoms. The fourth-order valence-electron chi connectivity index (χ4n) is 5.89. The zero-order chi connectivity index (χ0) is 33.3. The van der Waals surface area contributed by atoms with Crippen LogP contribution in [0.3, 0.4) is 0 Å². The van der Waals surface area contributed by atoms with Crippen molar-refractivity contribution in [2.75, 3.05) is 11.5 Å². The van der Waals surface area contributed by atoms with Crippen molar-refractivity contribution >= 4 is 67.5 Å². The van der Waals surface area contributed by atoms with Crippen molar-refractivity contribution in [3.8, 4) is 0 Å². The first-order chi connectivity index (χ1) is 21.0. The minimum Gasteiger partial charge on any atom is -0.287 e. The van der Waals surface area contributed by atoms with Gasteiger partial charge in [-0.3, -0.25) is 9.53 Å². The fraction of sp³-hybridized carbons (Fsp3) is 0.583. The molecule has 0 bridgehead atoms. The Balaban J connectivity index is 1.38. The SMILES string of the molecule is Cc1c(COC(F)(F)F)c(=O)sc2c(SCCCCCCCCCSC(C)(C)C(C)(CC(C)(C)I)c3ccccc3)cccc12. The van der Waals surface area contributed by atoms with Gasteiger partial charge >= 0.3 is 6.36 Å². The molecule has 2 nitrogen and oxygen atoms in total. The molecule has 45 heavy (non-hydrogen) atoms. The molecule has 0 fully saturated rings. The lowest BCUT2D eigenvalue weighted by Gasteiger charge is -2.47. The number of unbranched alkanes of at least 4 members (excludes halogenated alkanes) is 6. The van der Waals surface area contributed by atoms with E-state index in [9.17, 15) is 18.0 Å². The van der Waals surface area contributed by atoms with E-state index >= 15 is 0 Å². The standard InChI is InChI=1S/C36H48F3IO2S3/c1-26-28-20-17-21-30(31(28)45-32(41)29(26)24-42-36(37,38)39)43-22-15-10-8-7-9-11-16-23-44-34(4,5)35(6,25-33(2,3)40)27-18-13-12-14-19-27/h12-14,17-21H,7-11,15-16,22-25H2,1-6H3. The minimum atomic E-state index is -4.76. The molecule has 250 valence electrons. The third-order valence-corrected chi connectivity index (χ3v) is 13.1. The van der Waals surface area contributed by atoms with Gasteiger partial charge < -0.3 is 0 Å². The Hall–Kier alpha value is -0.750. The van der Waals surface area contributed by atoms with E-state index in [1.165, 1.54) is 49.8 Å². The molecule has 1 unspecified atom stereocenters. The van der Waals surface area contributed by atoms with Crippen LogP contribution in [0.25, 0.3) is 10.1 Å². The second-order valence-corrected chi connectivity index (χ2v) is 19.9. The summed E-state index contributed by atoms with van der Waals surface area (Å²) in [6.45, 7) is 12.9. The monoisotopic (exact) mass is 792 g/mol. The number of ether oxygens (including phenoxy) is 1. The molecule has 1 heterocycles. The summed E-state index contributed by atoms with van der Waals surface area (Å²) in [5.41, 5.74) is 2.16. The summed E-state index contributed by atoms with van der Waals surface area (Å²) in [5, 5.41) is 0.825. The Morgan fingerprint density at radius 3 is 2.02 bits per heavy atom. The number of alkyl halides is 4. The molecule has 1 atom stereocenters. The third-order valence-electron chi connectivity index (χ3n) is 8.68. The number of hydrogen-bond donors (Lipinski definition) is 0.